The van der Waals surface area contributed by atoms with Gasteiger partial charge in [0, 0.05) is 18.7 Å². The number of nitrogens with two attached hydrogens (primary N) is 1. The van der Waals surface area contributed by atoms with E-state index >= 15 is 0 Å². The lowest BCUT2D eigenvalue weighted by Gasteiger charge is -2.27. The number of hydrogen-bond acceptors (Lipinski definition) is 4. The third kappa shape index (κ3) is 3.67. The number of benzene rings is 1. The molecule has 2 aromatic rings. The van der Waals surface area contributed by atoms with Gasteiger partial charge in [-0.1, -0.05) is 30.3 Å². The summed E-state index contributed by atoms with van der Waals surface area (Å²) in [4.78, 5) is 10.8. The molecular weight excluding hydrogens is 304 g/mol. The van der Waals surface area contributed by atoms with Crippen molar-refractivity contribution in [1.82, 2.24) is 9.97 Å². The Labute approximate surface area is 121 Å². The van der Waals surface area contributed by atoms with Crippen molar-refractivity contribution < 1.29 is 0 Å². The van der Waals surface area contributed by atoms with Gasteiger partial charge >= 0.3 is 0 Å². The smallest absolute Gasteiger partial charge is 0.228 e. The highest BCUT2D eigenvalue weighted by atomic mass is 79.9. The summed E-state index contributed by atoms with van der Waals surface area (Å²) >= 11 is 3.36. The van der Waals surface area contributed by atoms with Gasteiger partial charge in [-0.3, -0.25) is 0 Å². The molecule has 5 heteroatoms. The van der Waals surface area contributed by atoms with Crippen molar-refractivity contribution in [2.24, 2.45) is 0 Å². The summed E-state index contributed by atoms with van der Waals surface area (Å²) in [7, 11) is 0. The van der Waals surface area contributed by atoms with Gasteiger partial charge in [0.25, 0.3) is 0 Å². The Bertz CT molecular complexity index is 522. The SMILES string of the molecule is CC(C)N(Cc1ccccc1)c1nc(N)cc(Br)n1. The summed E-state index contributed by atoms with van der Waals surface area (Å²) in [6.45, 7) is 4.99. The van der Waals surface area contributed by atoms with Crippen LogP contribution in [-0.4, -0.2) is 16.0 Å². The van der Waals surface area contributed by atoms with Gasteiger partial charge < -0.3 is 10.6 Å². The maximum atomic E-state index is 5.78. The van der Waals surface area contributed by atoms with Crippen molar-refractivity contribution in [3.63, 3.8) is 0 Å². The Balaban J connectivity index is 2.30. The van der Waals surface area contributed by atoms with E-state index in [4.69, 9.17) is 5.73 Å². The fourth-order valence-electron chi connectivity index (χ4n) is 1.82. The fraction of sp³-hybridized carbons (Fsp3) is 0.286. The molecule has 100 valence electrons. The second-order valence-electron chi connectivity index (χ2n) is 4.62. The normalized spacial score (nSPS) is 10.7. The van der Waals surface area contributed by atoms with Crippen LogP contribution in [0.4, 0.5) is 11.8 Å². The van der Waals surface area contributed by atoms with Crippen LogP contribution in [-0.2, 0) is 6.54 Å². The lowest BCUT2D eigenvalue weighted by molar-refractivity contribution is 0.660. The van der Waals surface area contributed by atoms with E-state index in [0.717, 1.165) is 6.54 Å². The van der Waals surface area contributed by atoms with E-state index in [-0.39, 0.29) is 6.04 Å². The van der Waals surface area contributed by atoms with Crippen LogP contribution in [0.3, 0.4) is 0 Å². The topological polar surface area (TPSA) is 55.0 Å². The highest BCUT2D eigenvalue weighted by Gasteiger charge is 2.15. The molecule has 0 aliphatic rings. The first-order valence-corrected chi connectivity index (χ1v) is 6.96. The van der Waals surface area contributed by atoms with Crippen LogP contribution < -0.4 is 10.6 Å². The molecule has 1 aromatic heterocycles. The van der Waals surface area contributed by atoms with Gasteiger partial charge in [0.2, 0.25) is 5.95 Å². The second-order valence-corrected chi connectivity index (χ2v) is 5.44. The molecule has 1 aromatic carbocycles. The Morgan fingerprint density at radius 2 is 1.89 bits per heavy atom. The quantitative estimate of drug-likeness (QED) is 0.879. The molecule has 0 atom stereocenters. The molecule has 0 unspecified atom stereocenters. The Morgan fingerprint density at radius 3 is 2.47 bits per heavy atom. The number of anilines is 2. The van der Waals surface area contributed by atoms with E-state index < -0.39 is 0 Å². The standard InChI is InChI=1S/C14H17BrN4/c1-10(2)19(9-11-6-4-3-5-7-11)14-17-12(15)8-13(16)18-14/h3-8,10H,9H2,1-2H3,(H2,16,17,18). The van der Waals surface area contributed by atoms with Crippen LogP contribution in [0, 0.1) is 0 Å². The van der Waals surface area contributed by atoms with Gasteiger partial charge in [-0.2, -0.15) is 4.98 Å². The first-order chi connectivity index (χ1) is 9.06. The number of aromatic nitrogens is 2. The van der Waals surface area contributed by atoms with Gasteiger partial charge in [0.05, 0.1) is 0 Å². The van der Waals surface area contributed by atoms with Crippen LogP contribution in [0.25, 0.3) is 0 Å². The number of nitrogen functional groups attached to an aromatic ring is 1. The molecule has 0 amide bonds. The van der Waals surface area contributed by atoms with E-state index in [1.54, 1.807) is 6.07 Å². The minimum atomic E-state index is 0.286. The summed E-state index contributed by atoms with van der Waals surface area (Å²) < 4.78 is 0.703. The zero-order valence-electron chi connectivity index (χ0n) is 11.0. The summed E-state index contributed by atoms with van der Waals surface area (Å²) in [6.07, 6.45) is 0. The maximum Gasteiger partial charge on any atom is 0.228 e. The minimum absolute atomic E-state index is 0.286. The lowest BCUT2D eigenvalue weighted by Crippen LogP contribution is -2.32. The van der Waals surface area contributed by atoms with Crippen LogP contribution in [0.15, 0.2) is 41.0 Å². The maximum absolute atomic E-state index is 5.78. The zero-order valence-corrected chi connectivity index (χ0v) is 12.6. The Morgan fingerprint density at radius 1 is 1.21 bits per heavy atom. The summed E-state index contributed by atoms with van der Waals surface area (Å²) in [6, 6.07) is 12.2. The van der Waals surface area contributed by atoms with Crippen molar-refractivity contribution in [2.75, 3.05) is 10.6 Å². The molecule has 4 nitrogen and oxygen atoms in total. The van der Waals surface area contributed by atoms with Crippen LogP contribution >= 0.6 is 15.9 Å². The van der Waals surface area contributed by atoms with Gasteiger partial charge in [-0.25, -0.2) is 4.98 Å². The minimum Gasteiger partial charge on any atom is -0.383 e. The van der Waals surface area contributed by atoms with Crippen LogP contribution in [0.2, 0.25) is 0 Å². The van der Waals surface area contributed by atoms with Gasteiger partial charge in [-0.15, -0.1) is 0 Å². The number of hydrogen-bond donors (Lipinski definition) is 1. The van der Waals surface area contributed by atoms with Crippen molar-refractivity contribution >= 4 is 27.7 Å². The number of rotatable bonds is 4. The number of halogens is 1. The molecule has 0 aliphatic heterocycles. The van der Waals surface area contributed by atoms with E-state index in [1.807, 2.05) is 18.2 Å². The van der Waals surface area contributed by atoms with Crippen LogP contribution in [0.1, 0.15) is 19.4 Å². The van der Waals surface area contributed by atoms with Gasteiger partial charge in [0.15, 0.2) is 0 Å². The molecule has 0 bridgehead atoms. The molecule has 0 aliphatic carbocycles. The van der Waals surface area contributed by atoms with E-state index in [1.165, 1.54) is 5.56 Å². The Kier molecular flexibility index (Phi) is 4.37. The second kappa shape index (κ2) is 6.02. The van der Waals surface area contributed by atoms with Crippen molar-refractivity contribution in [2.45, 2.75) is 26.4 Å². The summed E-state index contributed by atoms with van der Waals surface area (Å²) in [5.41, 5.74) is 7.00. The average molecular weight is 321 g/mol. The largest absolute Gasteiger partial charge is 0.383 e. The molecule has 0 radical (unpaired) electrons. The van der Waals surface area contributed by atoms with Gasteiger partial charge in [0.1, 0.15) is 10.4 Å². The van der Waals surface area contributed by atoms with E-state index in [2.05, 4.69) is 56.8 Å². The zero-order chi connectivity index (χ0) is 13.8. The van der Waals surface area contributed by atoms with E-state index in [0.29, 0.717) is 16.4 Å². The molecule has 0 fully saturated rings. The predicted molar refractivity (Wildman–Crippen MR) is 81.9 cm³/mol. The molecule has 1 heterocycles. The molecule has 19 heavy (non-hydrogen) atoms. The molecule has 2 rings (SSSR count). The van der Waals surface area contributed by atoms with Crippen molar-refractivity contribution in [3.05, 3.63) is 46.6 Å². The van der Waals surface area contributed by atoms with Gasteiger partial charge in [-0.05, 0) is 35.3 Å². The monoisotopic (exact) mass is 320 g/mol. The average Bonchev–Trinajstić information content (AvgIpc) is 2.35. The van der Waals surface area contributed by atoms with E-state index in [9.17, 15) is 0 Å². The first kappa shape index (κ1) is 13.8. The first-order valence-electron chi connectivity index (χ1n) is 6.17. The number of nitrogens with zero attached hydrogens (tertiary/aromatic N) is 3. The third-order valence-electron chi connectivity index (χ3n) is 2.78. The molecular formula is C14H17BrN4. The highest BCUT2D eigenvalue weighted by Crippen LogP contribution is 2.20. The summed E-state index contributed by atoms with van der Waals surface area (Å²) in [5, 5.41) is 0. The Hall–Kier alpha value is -1.62. The van der Waals surface area contributed by atoms with Crippen molar-refractivity contribution in [1.29, 1.82) is 0 Å². The van der Waals surface area contributed by atoms with Crippen molar-refractivity contribution in [3.8, 4) is 0 Å². The lowest BCUT2D eigenvalue weighted by atomic mass is 10.2. The highest BCUT2D eigenvalue weighted by molar-refractivity contribution is 9.10. The molecule has 0 spiro atoms. The summed E-state index contributed by atoms with van der Waals surface area (Å²) in [5.74, 6) is 1.11. The molecule has 0 saturated heterocycles. The molecule has 0 saturated carbocycles. The molecule has 2 N–H and O–H groups in total. The predicted octanol–water partition coefficient (Wildman–Crippen LogP) is 3.24. The van der Waals surface area contributed by atoms with Crippen LogP contribution in [0.5, 0.6) is 0 Å². The third-order valence-corrected chi connectivity index (χ3v) is 3.19. The fourth-order valence-corrected chi connectivity index (χ4v) is 2.21.